The lowest BCUT2D eigenvalue weighted by atomic mass is 10.0. The van der Waals surface area contributed by atoms with Crippen LogP contribution in [0.2, 0.25) is 0 Å². The summed E-state index contributed by atoms with van der Waals surface area (Å²) in [5, 5.41) is 2.10. The third-order valence-corrected chi connectivity index (χ3v) is 4.43. The molecule has 0 radical (unpaired) electrons. The second kappa shape index (κ2) is 6.88. The van der Waals surface area contributed by atoms with E-state index in [9.17, 15) is 4.79 Å². The Morgan fingerprint density at radius 3 is 2.29 bits per heavy atom. The summed E-state index contributed by atoms with van der Waals surface area (Å²) < 4.78 is 0. The highest BCUT2D eigenvalue weighted by Crippen LogP contribution is 2.21. The van der Waals surface area contributed by atoms with Gasteiger partial charge in [-0.05, 0) is 33.9 Å². The number of hydrogen-bond acceptors (Lipinski definition) is 1. The van der Waals surface area contributed by atoms with Gasteiger partial charge in [-0.2, -0.15) is 0 Å². The Hall–Kier alpha value is -2.61. The van der Waals surface area contributed by atoms with E-state index in [0.717, 1.165) is 21.9 Å². The summed E-state index contributed by atoms with van der Waals surface area (Å²) in [4.78, 5) is 14.6. The largest absolute Gasteiger partial charge is 0.337 e. The van der Waals surface area contributed by atoms with Crippen molar-refractivity contribution in [3.8, 4) is 0 Å². The van der Waals surface area contributed by atoms with Gasteiger partial charge in [0.1, 0.15) is 0 Å². The first-order valence-corrected chi connectivity index (χ1v) is 8.38. The van der Waals surface area contributed by atoms with Gasteiger partial charge >= 0.3 is 0 Å². The lowest BCUT2D eigenvalue weighted by molar-refractivity contribution is 0.0787. The molecule has 0 heterocycles. The summed E-state index contributed by atoms with van der Waals surface area (Å²) in [5.41, 5.74) is 3.23. The molecule has 0 aliphatic carbocycles. The van der Waals surface area contributed by atoms with Gasteiger partial charge in [0.2, 0.25) is 0 Å². The Morgan fingerprint density at radius 1 is 0.917 bits per heavy atom. The van der Waals surface area contributed by atoms with Gasteiger partial charge in [0.05, 0.1) is 0 Å². The van der Waals surface area contributed by atoms with Crippen LogP contribution in [0.15, 0.2) is 66.7 Å². The summed E-state index contributed by atoms with van der Waals surface area (Å²) in [7, 11) is 1.86. The second-order valence-corrected chi connectivity index (χ2v) is 6.58. The Morgan fingerprint density at radius 2 is 1.58 bits per heavy atom. The zero-order valence-corrected chi connectivity index (χ0v) is 14.5. The number of carbonyl (C=O) groups excluding carboxylic acids is 1. The molecule has 0 saturated carbocycles. The lowest BCUT2D eigenvalue weighted by Crippen LogP contribution is -2.26. The molecule has 0 aromatic heterocycles. The monoisotopic (exact) mass is 317 g/mol. The second-order valence-electron chi connectivity index (χ2n) is 6.58. The fourth-order valence-corrected chi connectivity index (χ4v) is 2.97. The summed E-state index contributed by atoms with van der Waals surface area (Å²) >= 11 is 0. The van der Waals surface area contributed by atoms with Crippen molar-refractivity contribution < 1.29 is 4.79 Å². The first-order chi connectivity index (χ1) is 11.6. The van der Waals surface area contributed by atoms with Gasteiger partial charge in [0.15, 0.2) is 0 Å². The summed E-state index contributed by atoms with van der Waals surface area (Å²) in [6, 6.07) is 22.4. The fraction of sp³-hybridized carbons (Fsp3) is 0.227. The maximum atomic E-state index is 12.9. The number of fused-ring (bicyclic) bond motifs is 1. The molecule has 3 rings (SSSR count). The van der Waals surface area contributed by atoms with Crippen LogP contribution in [0.5, 0.6) is 0 Å². The van der Waals surface area contributed by atoms with E-state index in [4.69, 9.17) is 0 Å². The Kier molecular flexibility index (Phi) is 4.66. The van der Waals surface area contributed by atoms with E-state index in [1.165, 1.54) is 5.56 Å². The van der Waals surface area contributed by atoms with Crippen molar-refractivity contribution in [2.75, 3.05) is 7.05 Å². The number of benzene rings is 3. The van der Waals surface area contributed by atoms with Crippen molar-refractivity contribution in [2.45, 2.75) is 26.3 Å². The maximum absolute atomic E-state index is 12.9. The zero-order valence-electron chi connectivity index (χ0n) is 14.5. The molecule has 0 fully saturated rings. The van der Waals surface area contributed by atoms with E-state index in [0.29, 0.717) is 12.5 Å². The van der Waals surface area contributed by atoms with E-state index in [-0.39, 0.29) is 5.91 Å². The quantitative estimate of drug-likeness (QED) is 0.645. The summed E-state index contributed by atoms with van der Waals surface area (Å²) in [5.74, 6) is 0.578. The molecule has 0 saturated heterocycles. The van der Waals surface area contributed by atoms with Crippen LogP contribution >= 0.6 is 0 Å². The molecule has 2 heteroatoms. The summed E-state index contributed by atoms with van der Waals surface area (Å²) in [6.07, 6.45) is 0. The molecule has 0 aliphatic rings. The lowest BCUT2D eigenvalue weighted by Gasteiger charge is -2.19. The van der Waals surface area contributed by atoms with Crippen LogP contribution in [0.4, 0.5) is 0 Å². The Labute approximate surface area is 143 Å². The van der Waals surface area contributed by atoms with Crippen molar-refractivity contribution >= 4 is 16.7 Å². The van der Waals surface area contributed by atoms with E-state index in [1.807, 2.05) is 49.5 Å². The van der Waals surface area contributed by atoms with Crippen LogP contribution in [0.3, 0.4) is 0 Å². The SMILES string of the molecule is CC(C)c1ccc(CN(C)C(=O)c2cccc3ccccc23)cc1. The van der Waals surface area contributed by atoms with Crippen LogP contribution in [0.25, 0.3) is 10.8 Å². The smallest absolute Gasteiger partial charge is 0.254 e. The van der Waals surface area contributed by atoms with Crippen LogP contribution in [0, 0.1) is 0 Å². The first kappa shape index (κ1) is 16.3. The minimum Gasteiger partial charge on any atom is -0.337 e. The summed E-state index contributed by atoms with van der Waals surface area (Å²) in [6.45, 7) is 4.98. The van der Waals surface area contributed by atoms with E-state index in [1.54, 1.807) is 4.90 Å². The Bertz CT molecular complexity index is 844. The molecule has 0 spiro atoms. The van der Waals surface area contributed by atoms with Gasteiger partial charge in [-0.3, -0.25) is 4.79 Å². The average Bonchev–Trinajstić information content (AvgIpc) is 2.61. The Balaban J connectivity index is 1.81. The van der Waals surface area contributed by atoms with E-state index < -0.39 is 0 Å². The third-order valence-electron chi connectivity index (χ3n) is 4.43. The van der Waals surface area contributed by atoms with Crippen molar-refractivity contribution in [3.05, 3.63) is 83.4 Å². The molecular formula is C22H23NO. The van der Waals surface area contributed by atoms with Gasteiger partial charge in [0, 0.05) is 19.2 Å². The molecule has 1 amide bonds. The molecule has 0 N–H and O–H groups in total. The molecule has 0 aliphatic heterocycles. The number of amides is 1. The molecule has 0 atom stereocenters. The van der Waals surface area contributed by atoms with Crippen molar-refractivity contribution in [2.24, 2.45) is 0 Å². The van der Waals surface area contributed by atoms with Gasteiger partial charge in [-0.1, -0.05) is 74.5 Å². The number of hydrogen-bond donors (Lipinski definition) is 0. The average molecular weight is 317 g/mol. The highest BCUT2D eigenvalue weighted by atomic mass is 16.2. The predicted octanol–water partition coefficient (Wildman–Crippen LogP) is 5.24. The molecule has 3 aromatic carbocycles. The van der Waals surface area contributed by atoms with E-state index in [2.05, 4.69) is 38.1 Å². The van der Waals surface area contributed by atoms with Crippen LogP contribution in [-0.4, -0.2) is 17.9 Å². The van der Waals surface area contributed by atoms with Crippen molar-refractivity contribution in [1.82, 2.24) is 4.90 Å². The molecule has 122 valence electrons. The molecule has 3 aromatic rings. The molecule has 24 heavy (non-hydrogen) atoms. The molecule has 0 unspecified atom stereocenters. The van der Waals surface area contributed by atoms with Crippen LogP contribution in [0.1, 0.15) is 41.3 Å². The highest BCUT2D eigenvalue weighted by molar-refractivity contribution is 6.06. The minimum atomic E-state index is 0.0553. The van der Waals surface area contributed by atoms with Crippen molar-refractivity contribution in [3.63, 3.8) is 0 Å². The van der Waals surface area contributed by atoms with Gasteiger partial charge in [0.25, 0.3) is 5.91 Å². The van der Waals surface area contributed by atoms with Gasteiger partial charge in [-0.25, -0.2) is 0 Å². The predicted molar refractivity (Wildman–Crippen MR) is 100 cm³/mol. The number of carbonyl (C=O) groups is 1. The molecular weight excluding hydrogens is 294 g/mol. The van der Waals surface area contributed by atoms with Gasteiger partial charge < -0.3 is 4.90 Å². The molecule has 2 nitrogen and oxygen atoms in total. The van der Waals surface area contributed by atoms with E-state index >= 15 is 0 Å². The van der Waals surface area contributed by atoms with Crippen LogP contribution < -0.4 is 0 Å². The normalized spacial score (nSPS) is 11.0. The molecule has 0 bridgehead atoms. The number of nitrogens with zero attached hydrogens (tertiary/aromatic N) is 1. The van der Waals surface area contributed by atoms with Crippen molar-refractivity contribution in [1.29, 1.82) is 0 Å². The van der Waals surface area contributed by atoms with Crippen LogP contribution in [-0.2, 0) is 6.54 Å². The highest BCUT2D eigenvalue weighted by Gasteiger charge is 2.14. The first-order valence-electron chi connectivity index (χ1n) is 8.38. The zero-order chi connectivity index (χ0) is 17.1. The fourth-order valence-electron chi connectivity index (χ4n) is 2.97. The maximum Gasteiger partial charge on any atom is 0.254 e. The van der Waals surface area contributed by atoms with Gasteiger partial charge in [-0.15, -0.1) is 0 Å². The third kappa shape index (κ3) is 3.33. The minimum absolute atomic E-state index is 0.0553. The number of rotatable bonds is 4. The topological polar surface area (TPSA) is 20.3 Å². The standard InChI is InChI=1S/C22H23NO/c1-16(2)18-13-11-17(12-14-18)15-23(3)22(24)21-10-6-8-19-7-4-5-9-20(19)21/h4-14,16H,15H2,1-3H3.